The van der Waals surface area contributed by atoms with E-state index in [-0.39, 0.29) is 5.91 Å². The van der Waals surface area contributed by atoms with Gasteiger partial charge in [0.1, 0.15) is 0 Å². The van der Waals surface area contributed by atoms with Crippen LogP contribution in [0.5, 0.6) is 0 Å². The third kappa shape index (κ3) is 3.11. The summed E-state index contributed by atoms with van der Waals surface area (Å²) in [5, 5.41) is 8.24. The van der Waals surface area contributed by atoms with Crippen LogP contribution in [0.1, 0.15) is 16.1 Å². The van der Waals surface area contributed by atoms with Gasteiger partial charge in [-0.1, -0.05) is 34.1 Å². The SMILES string of the molecule is Cc1c(C(=O)Nc2cnc3ccccc3c2)cnn1-c1ccc(Br)cc1. The Balaban J connectivity index is 1.61. The minimum atomic E-state index is -0.206. The molecule has 2 aromatic carbocycles. The number of amides is 1. The highest BCUT2D eigenvalue weighted by Crippen LogP contribution is 2.20. The van der Waals surface area contributed by atoms with Gasteiger partial charge in [0.25, 0.3) is 5.91 Å². The molecule has 0 saturated carbocycles. The van der Waals surface area contributed by atoms with E-state index in [0.29, 0.717) is 11.3 Å². The summed E-state index contributed by atoms with van der Waals surface area (Å²) in [5.74, 6) is -0.206. The molecule has 5 nitrogen and oxygen atoms in total. The van der Waals surface area contributed by atoms with Crippen molar-refractivity contribution in [2.24, 2.45) is 0 Å². The van der Waals surface area contributed by atoms with Gasteiger partial charge in [0.2, 0.25) is 0 Å². The Kier molecular flexibility index (Phi) is 4.26. The molecule has 0 atom stereocenters. The normalized spacial score (nSPS) is 10.8. The third-order valence-corrected chi connectivity index (χ3v) is 4.70. The summed E-state index contributed by atoms with van der Waals surface area (Å²) in [7, 11) is 0. The van der Waals surface area contributed by atoms with Gasteiger partial charge in [-0.2, -0.15) is 5.10 Å². The quantitative estimate of drug-likeness (QED) is 0.534. The van der Waals surface area contributed by atoms with Crippen LogP contribution in [0.2, 0.25) is 0 Å². The molecule has 0 radical (unpaired) electrons. The van der Waals surface area contributed by atoms with Crippen LogP contribution in [0.4, 0.5) is 5.69 Å². The van der Waals surface area contributed by atoms with Crippen LogP contribution in [0, 0.1) is 6.92 Å². The second kappa shape index (κ2) is 6.72. The highest BCUT2D eigenvalue weighted by atomic mass is 79.9. The van der Waals surface area contributed by atoms with E-state index < -0.39 is 0 Å². The molecule has 0 saturated heterocycles. The molecular formula is C20H15BrN4O. The number of pyridine rings is 1. The summed E-state index contributed by atoms with van der Waals surface area (Å²) in [6.45, 7) is 1.88. The van der Waals surface area contributed by atoms with Crippen LogP contribution in [0.25, 0.3) is 16.6 Å². The molecule has 0 spiro atoms. The van der Waals surface area contributed by atoms with E-state index in [4.69, 9.17) is 0 Å². The molecule has 0 bridgehead atoms. The summed E-state index contributed by atoms with van der Waals surface area (Å²) in [5.41, 5.74) is 3.76. The fourth-order valence-corrected chi connectivity index (χ4v) is 3.08. The number of anilines is 1. The first kappa shape index (κ1) is 16.5. The first-order chi connectivity index (χ1) is 12.6. The van der Waals surface area contributed by atoms with Gasteiger partial charge in [0.05, 0.1) is 40.5 Å². The molecule has 4 aromatic rings. The summed E-state index contributed by atoms with van der Waals surface area (Å²) in [6.07, 6.45) is 3.25. The van der Waals surface area contributed by atoms with E-state index in [2.05, 4.69) is 31.3 Å². The van der Waals surface area contributed by atoms with Crippen molar-refractivity contribution in [3.8, 4) is 5.69 Å². The van der Waals surface area contributed by atoms with Crippen molar-refractivity contribution in [2.75, 3.05) is 5.32 Å². The highest BCUT2D eigenvalue weighted by molar-refractivity contribution is 9.10. The molecule has 0 aliphatic heterocycles. The van der Waals surface area contributed by atoms with Crippen molar-refractivity contribution >= 4 is 38.4 Å². The minimum Gasteiger partial charge on any atom is -0.320 e. The lowest BCUT2D eigenvalue weighted by Gasteiger charge is -2.07. The Morgan fingerprint density at radius 2 is 1.85 bits per heavy atom. The largest absolute Gasteiger partial charge is 0.320 e. The number of hydrogen-bond donors (Lipinski definition) is 1. The predicted octanol–water partition coefficient (Wildman–Crippen LogP) is 4.74. The number of para-hydroxylation sites is 1. The van der Waals surface area contributed by atoms with Crippen molar-refractivity contribution < 1.29 is 4.79 Å². The van der Waals surface area contributed by atoms with Crippen molar-refractivity contribution in [1.82, 2.24) is 14.8 Å². The third-order valence-electron chi connectivity index (χ3n) is 4.17. The number of hydrogen-bond acceptors (Lipinski definition) is 3. The first-order valence-electron chi connectivity index (χ1n) is 8.08. The number of benzene rings is 2. The van der Waals surface area contributed by atoms with E-state index in [1.165, 1.54) is 0 Å². The molecule has 0 unspecified atom stereocenters. The lowest BCUT2D eigenvalue weighted by Crippen LogP contribution is -2.13. The number of carbonyl (C=O) groups excluding carboxylic acids is 1. The molecule has 0 aliphatic rings. The maximum atomic E-state index is 12.7. The highest BCUT2D eigenvalue weighted by Gasteiger charge is 2.15. The molecule has 1 N–H and O–H groups in total. The van der Waals surface area contributed by atoms with Crippen LogP contribution < -0.4 is 5.32 Å². The van der Waals surface area contributed by atoms with E-state index in [1.54, 1.807) is 17.1 Å². The van der Waals surface area contributed by atoms with Crippen LogP contribution in [0.3, 0.4) is 0 Å². The lowest BCUT2D eigenvalue weighted by molar-refractivity contribution is 0.102. The summed E-state index contributed by atoms with van der Waals surface area (Å²) in [4.78, 5) is 17.0. The minimum absolute atomic E-state index is 0.206. The Bertz CT molecular complexity index is 1100. The van der Waals surface area contributed by atoms with Crippen molar-refractivity contribution in [3.63, 3.8) is 0 Å². The molecule has 2 heterocycles. The molecular weight excluding hydrogens is 392 g/mol. The van der Waals surface area contributed by atoms with Crippen molar-refractivity contribution in [1.29, 1.82) is 0 Å². The molecule has 0 aliphatic carbocycles. The Morgan fingerprint density at radius 3 is 2.65 bits per heavy atom. The van der Waals surface area contributed by atoms with Gasteiger partial charge in [-0.15, -0.1) is 0 Å². The van der Waals surface area contributed by atoms with Crippen LogP contribution in [-0.4, -0.2) is 20.7 Å². The number of nitrogens with one attached hydrogen (secondary N) is 1. The van der Waals surface area contributed by atoms with E-state index in [0.717, 1.165) is 26.8 Å². The van der Waals surface area contributed by atoms with Crippen LogP contribution in [-0.2, 0) is 0 Å². The van der Waals surface area contributed by atoms with E-state index in [1.807, 2.05) is 61.5 Å². The van der Waals surface area contributed by atoms with Crippen molar-refractivity contribution in [3.05, 3.63) is 82.7 Å². The zero-order valence-corrected chi connectivity index (χ0v) is 15.6. The van der Waals surface area contributed by atoms with Gasteiger partial charge in [-0.3, -0.25) is 9.78 Å². The standard InChI is InChI=1S/C20H15BrN4O/c1-13-18(12-23-25(13)17-8-6-15(21)7-9-17)20(26)24-16-10-14-4-2-3-5-19(14)22-11-16/h2-12H,1H3,(H,24,26). The fourth-order valence-electron chi connectivity index (χ4n) is 2.81. The summed E-state index contributed by atoms with van der Waals surface area (Å²) >= 11 is 3.42. The van der Waals surface area contributed by atoms with Gasteiger partial charge in [-0.25, -0.2) is 4.68 Å². The second-order valence-electron chi connectivity index (χ2n) is 5.90. The molecule has 1 amide bonds. The predicted molar refractivity (Wildman–Crippen MR) is 106 cm³/mol. The van der Waals surface area contributed by atoms with Gasteiger partial charge in [0.15, 0.2) is 0 Å². The number of aromatic nitrogens is 3. The second-order valence-corrected chi connectivity index (χ2v) is 6.82. The molecule has 128 valence electrons. The van der Waals surface area contributed by atoms with Gasteiger partial charge >= 0.3 is 0 Å². The lowest BCUT2D eigenvalue weighted by atomic mass is 10.2. The maximum Gasteiger partial charge on any atom is 0.259 e. The molecule has 26 heavy (non-hydrogen) atoms. The Labute approximate surface area is 158 Å². The van der Waals surface area contributed by atoms with Crippen molar-refractivity contribution in [2.45, 2.75) is 6.92 Å². The number of halogens is 1. The zero-order chi connectivity index (χ0) is 18.1. The number of rotatable bonds is 3. The van der Waals surface area contributed by atoms with Gasteiger partial charge in [-0.05, 0) is 43.3 Å². The maximum absolute atomic E-state index is 12.7. The number of nitrogens with zero attached hydrogens (tertiary/aromatic N) is 3. The van der Waals surface area contributed by atoms with E-state index in [9.17, 15) is 4.79 Å². The topological polar surface area (TPSA) is 59.8 Å². The van der Waals surface area contributed by atoms with Crippen LogP contribution in [0.15, 0.2) is 71.5 Å². The molecule has 6 heteroatoms. The molecule has 0 fully saturated rings. The summed E-state index contributed by atoms with van der Waals surface area (Å²) < 4.78 is 2.74. The average Bonchev–Trinajstić information content (AvgIpc) is 3.04. The number of carbonyl (C=O) groups is 1. The molecule has 2 aromatic heterocycles. The zero-order valence-electron chi connectivity index (χ0n) is 14.0. The molecule has 4 rings (SSSR count). The monoisotopic (exact) mass is 406 g/mol. The fraction of sp³-hybridized carbons (Fsp3) is 0.0500. The Hall–Kier alpha value is -2.99. The van der Waals surface area contributed by atoms with Gasteiger partial charge in [0, 0.05) is 9.86 Å². The van der Waals surface area contributed by atoms with Crippen LogP contribution >= 0.6 is 15.9 Å². The van der Waals surface area contributed by atoms with E-state index >= 15 is 0 Å². The first-order valence-corrected chi connectivity index (χ1v) is 8.88. The number of fused-ring (bicyclic) bond motifs is 1. The summed E-state index contributed by atoms with van der Waals surface area (Å²) in [6, 6.07) is 17.5. The Morgan fingerprint density at radius 1 is 1.08 bits per heavy atom. The smallest absolute Gasteiger partial charge is 0.259 e. The average molecular weight is 407 g/mol. The van der Waals surface area contributed by atoms with Gasteiger partial charge < -0.3 is 5.32 Å².